The van der Waals surface area contributed by atoms with Gasteiger partial charge in [0.2, 0.25) is 5.91 Å². The van der Waals surface area contributed by atoms with E-state index in [0.717, 1.165) is 5.56 Å². The van der Waals surface area contributed by atoms with Gasteiger partial charge in [-0.15, -0.1) is 0 Å². The maximum Gasteiger partial charge on any atom is 0.310 e. The largest absolute Gasteiger partial charge is 0.474 e. The zero-order valence-corrected chi connectivity index (χ0v) is 14.6. The van der Waals surface area contributed by atoms with Crippen LogP contribution in [0.1, 0.15) is 19.4 Å². The topological polar surface area (TPSA) is 111 Å². The molecule has 2 aromatic rings. The van der Waals surface area contributed by atoms with Crippen molar-refractivity contribution in [2.45, 2.75) is 26.9 Å². The molecule has 0 aromatic heterocycles. The highest BCUT2D eigenvalue weighted by Crippen LogP contribution is 2.27. The third-order valence-electron chi connectivity index (χ3n) is 3.55. The van der Waals surface area contributed by atoms with Gasteiger partial charge in [-0.25, -0.2) is 0 Å². The number of nitro groups is 1. The highest BCUT2D eigenvalue weighted by atomic mass is 16.6. The number of amides is 2. The van der Waals surface area contributed by atoms with Crippen molar-refractivity contribution in [2.75, 3.05) is 10.6 Å². The van der Waals surface area contributed by atoms with E-state index in [0.29, 0.717) is 11.4 Å². The monoisotopic (exact) mass is 357 g/mol. The number of rotatable bonds is 6. The Hall–Kier alpha value is -3.42. The second kappa shape index (κ2) is 8.11. The maximum atomic E-state index is 12.3. The van der Waals surface area contributed by atoms with Crippen molar-refractivity contribution in [3.63, 3.8) is 0 Å². The minimum atomic E-state index is -0.957. The predicted molar refractivity (Wildman–Crippen MR) is 97.3 cm³/mol. The van der Waals surface area contributed by atoms with Gasteiger partial charge in [-0.3, -0.25) is 19.7 Å². The number of carbonyl (C=O) groups is 2. The van der Waals surface area contributed by atoms with Gasteiger partial charge in [0.15, 0.2) is 11.9 Å². The van der Waals surface area contributed by atoms with E-state index in [2.05, 4.69) is 10.6 Å². The fraction of sp³-hybridized carbons (Fsp3) is 0.222. The molecule has 0 aliphatic heterocycles. The first-order chi connectivity index (χ1) is 12.3. The molecule has 26 heavy (non-hydrogen) atoms. The van der Waals surface area contributed by atoms with E-state index >= 15 is 0 Å². The number of anilines is 2. The average molecular weight is 357 g/mol. The molecule has 0 saturated heterocycles. The van der Waals surface area contributed by atoms with Gasteiger partial charge in [-0.1, -0.05) is 18.2 Å². The predicted octanol–water partition coefficient (Wildman–Crippen LogP) is 3.27. The van der Waals surface area contributed by atoms with Crippen LogP contribution in [0.4, 0.5) is 17.1 Å². The molecule has 2 N–H and O–H groups in total. The smallest absolute Gasteiger partial charge is 0.310 e. The molecule has 8 nitrogen and oxygen atoms in total. The van der Waals surface area contributed by atoms with Gasteiger partial charge >= 0.3 is 5.69 Å². The molecule has 0 fully saturated rings. The van der Waals surface area contributed by atoms with Crippen LogP contribution in [0.3, 0.4) is 0 Å². The van der Waals surface area contributed by atoms with Crippen molar-refractivity contribution in [3.8, 4) is 5.75 Å². The minimum absolute atomic E-state index is 0.0167. The Bertz CT molecular complexity index is 850. The number of nitrogens with zero attached hydrogens (tertiary/aromatic N) is 1. The molecule has 2 rings (SSSR count). The van der Waals surface area contributed by atoms with Crippen LogP contribution >= 0.6 is 0 Å². The average Bonchev–Trinajstić information content (AvgIpc) is 2.57. The Balaban J connectivity index is 2.10. The molecule has 136 valence electrons. The summed E-state index contributed by atoms with van der Waals surface area (Å²) in [6, 6.07) is 10.9. The van der Waals surface area contributed by atoms with Gasteiger partial charge in [0.05, 0.1) is 4.92 Å². The Morgan fingerprint density at radius 1 is 1.15 bits per heavy atom. The maximum absolute atomic E-state index is 12.3. The van der Waals surface area contributed by atoms with Gasteiger partial charge in [0.25, 0.3) is 5.91 Å². The normalized spacial score (nSPS) is 11.3. The number of nitro benzene ring substituents is 1. The third-order valence-corrected chi connectivity index (χ3v) is 3.55. The van der Waals surface area contributed by atoms with Crippen molar-refractivity contribution in [3.05, 3.63) is 58.1 Å². The van der Waals surface area contributed by atoms with Crippen molar-refractivity contribution >= 4 is 28.9 Å². The number of hydrogen-bond donors (Lipinski definition) is 2. The summed E-state index contributed by atoms with van der Waals surface area (Å²) in [7, 11) is 0. The van der Waals surface area contributed by atoms with Gasteiger partial charge in [0, 0.05) is 24.4 Å². The summed E-state index contributed by atoms with van der Waals surface area (Å²) in [6.45, 7) is 4.72. The zero-order chi connectivity index (χ0) is 19.3. The van der Waals surface area contributed by atoms with E-state index < -0.39 is 16.9 Å². The van der Waals surface area contributed by atoms with Crippen molar-refractivity contribution in [1.29, 1.82) is 0 Å². The first-order valence-corrected chi connectivity index (χ1v) is 7.87. The number of benzene rings is 2. The number of nitrogens with one attached hydrogen (secondary N) is 2. The van der Waals surface area contributed by atoms with E-state index in [1.54, 1.807) is 24.3 Å². The van der Waals surface area contributed by atoms with Gasteiger partial charge < -0.3 is 15.4 Å². The molecule has 1 atom stereocenters. The van der Waals surface area contributed by atoms with Crippen molar-refractivity contribution in [1.82, 2.24) is 0 Å². The molecule has 0 saturated carbocycles. The Kier molecular flexibility index (Phi) is 5.90. The molecule has 0 radical (unpaired) electrons. The van der Waals surface area contributed by atoms with Crippen LogP contribution in [-0.2, 0) is 9.59 Å². The Morgan fingerprint density at radius 3 is 2.50 bits per heavy atom. The fourth-order valence-corrected chi connectivity index (χ4v) is 2.22. The van der Waals surface area contributed by atoms with E-state index in [9.17, 15) is 19.7 Å². The SMILES string of the molecule is CC(=O)Nc1cc(NC(=O)C(C)Oc2ccccc2[N+](=O)[O-])ccc1C. The van der Waals surface area contributed by atoms with Crippen LogP contribution in [0.5, 0.6) is 5.75 Å². The van der Waals surface area contributed by atoms with Crippen LogP contribution in [0.2, 0.25) is 0 Å². The molecular weight excluding hydrogens is 338 g/mol. The minimum Gasteiger partial charge on any atom is -0.474 e. The van der Waals surface area contributed by atoms with Gasteiger partial charge in [0.1, 0.15) is 0 Å². The number of hydrogen-bond acceptors (Lipinski definition) is 5. The summed E-state index contributed by atoms with van der Waals surface area (Å²) in [4.78, 5) is 34.0. The quantitative estimate of drug-likeness (QED) is 0.609. The summed E-state index contributed by atoms with van der Waals surface area (Å²) in [6.07, 6.45) is -0.957. The fourth-order valence-electron chi connectivity index (χ4n) is 2.22. The molecule has 0 bridgehead atoms. The molecule has 0 aliphatic rings. The summed E-state index contributed by atoms with van der Waals surface area (Å²) < 4.78 is 5.44. The van der Waals surface area contributed by atoms with Crippen LogP contribution < -0.4 is 15.4 Å². The number of aryl methyl sites for hydroxylation is 1. The Morgan fingerprint density at radius 2 is 1.85 bits per heavy atom. The standard InChI is InChI=1S/C18H19N3O5/c1-11-8-9-14(10-15(11)19-13(3)22)20-18(23)12(2)26-17-7-5-4-6-16(17)21(24)25/h4-10,12H,1-3H3,(H,19,22)(H,20,23). The van der Waals surface area contributed by atoms with Crippen molar-refractivity contribution in [2.24, 2.45) is 0 Å². The molecule has 2 amide bonds. The Labute approximate surface area is 150 Å². The van der Waals surface area contributed by atoms with Crippen LogP contribution in [-0.4, -0.2) is 22.8 Å². The molecule has 2 aromatic carbocycles. The van der Waals surface area contributed by atoms with Crippen LogP contribution in [0.25, 0.3) is 0 Å². The summed E-state index contributed by atoms with van der Waals surface area (Å²) >= 11 is 0. The zero-order valence-electron chi connectivity index (χ0n) is 14.6. The summed E-state index contributed by atoms with van der Waals surface area (Å²) in [5.41, 5.74) is 1.70. The molecule has 8 heteroatoms. The van der Waals surface area contributed by atoms with Crippen molar-refractivity contribution < 1.29 is 19.2 Å². The lowest BCUT2D eigenvalue weighted by Crippen LogP contribution is -2.30. The van der Waals surface area contributed by atoms with E-state index in [1.165, 1.54) is 32.0 Å². The highest BCUT2D eigenvalue weighted by molar-refractivity contribution is 5.96. The second-order valence-corrected chi connectivity index (χ2v) is 5.69. The van der Waals surface area contributed by atoms with E-state index in [4.69, 9.17) is 4.74 Å². The summed E-state index contributed by atoms with van der Waals surface area (Å²) in [5.74, 6) is -0.673. The lowest BCUT2D eigenvalue weighted by molar-refractivity contribution is -0.386. The lowest BCUT2D eigenvalue weighted by Gasteiger charge is -2.15. The number of para-hydroxylation sites is 2. The second-order valence-electron chi connectivity index (χ2n) is 5.69. The summed E-state index contributed by atoms with van der Waals surface area (Å²) in [5, 5.41) is 16.4. The first kappa shape index (κ1) is 18.9. The van der Waals surface area contributed by atoms with E-state index in [-0.39, 0.29) is 17.3 Å². The molecule has 0 spiro atoms. The number of ether oxygens (including phenoxy) is 1. The van der Waals surface area contributed by atoms with Gasteiger partial charge in [-0.05, 0) is 37.6 Å². The first-order valence-electron chi connectivity index (χ1n) is 7.87. The van der Waals surface area contributed by atoms with Crippen LogP contribution in [0.15, 0.2) is 42.5 Å². The number of carbonyl (C=O) groups excluding carboxylic acids is 2. The lowest BCUT2D eigenvalue weighted by atomic mass is 10.1. The molecule has 0 aliphatic carbocycles. The molecular formula is C18H19N3O5. The van der Waals surface area contributed by atoms with E-state index in [1.807, 2.05) is 6.92 Å². The third kappa shape index (κ3) is 4.79. The van der Waals surface area contributed by atoms with Crippen LogP contribution in [0, 0.1) is 17.0 Å². The van der Waals surface area contributed by atoms with Gasteiger partial charge in [-0.2, -0.15) is 0 Å². The molecule has 1 unspecified atom stereocenters. The molecule has 0 heterocycles. The highest BCUT2D eigenvalue weighted by Gasteiger charge is 2.21.